The molecule has 0 spiro atoms. The number of rotatable bonds is 8. The minimum absolute atomic E-state index is 0.236. The molecule has 0 radical (unpaired) electrons. The van der Waals surface area contributed by atoms with Crippen molar-refractivity contribution in [2.75, 3.05) is 0 Å². The molecule has 6 rings (SSSR count). The van der Waals surface area contributed by atoms with E-state index in [1.54, 1.807) is 24.3 Å². The van der Waals surface area contributed by atoms with Crippen molar-refractivity contribution in [3.05, 3.63) is 179 Å². The Hall–Kier alpha value is -5.41. The van der Waals surface area contributed by atoms with Crippen LogP contribution in [0.1, 0.15) is 59.1 Å². The van der Waals surface area contributed by atoms with E-state index in [0.717, 1.165) is 22.3 Å². The van der Waals surface area contributed by atoms with E-state index in [9.17, 15) is 4.79 Å². The van der Waals surface area contributed by atoms with Gasteiger partial charge in [0, 0.05) is 11.8 Å². The SMILES string of the molecule is Cc1ccccc1C(C)c1ccccc1-c1ccc(OC(=O)Oc2ccc(-c3ccccc3C(C)c3ccccc3C)cc2)cc1. The first-order valence-corrected chi connectivity index (χ1v) is 15.8. The molecule has 0 aliphatic rings. The number of hydrogen-bond acceptors (Lipinski definition) is 3. The van der Waals surface area contributed by atoms with Crippen molar-refractivity contribution < 1.29 is 14.3 Å². The van der Waals surface area contributed by atoms with Gasteiger partial charge in [-0.05, 0) is 93.7 Å². The molecule has 0 aromatic heterocycles. The van der Waals surface area contributed by atoms with Crippen LogP contribution in [0.4, 0.5) is 4.79 Å². The van der Waals surface area contributed by atoms with Gasteiger partial charge in [-0.2, -0.15) is 0 Å². The Morgan fingerprint density at radius 2 is 0.761 bits per heavy atom. The molecule has 46 heavy (non-hydrogen) atoms. The van der Waals surface area contributed by atoms with Crippen LogP contribution in [0.15, 0.2) is 146 Å². The standard InChI is InChI=1S/C43H38O3/c1-29-13-5-7-15-37(29)31(3)39-17-9-11-19-41(39)33-21-25-35(26-22-33)45-43(44)46-36-27-23-34(24-28-36)42-20-12-10-18-40(42)32(4)38-16-8-6-14-30(38)2/h5-28,31-32H,1-4H3. The molecule has 0 aliphatic carbocycles. The quantitative estimate of drug-likeness (QED) is 0.128. The van der Waals surface area contributed by atoms with Gasteiger partial charge in [0.25, 0.3) is 0 Å². The summed E-state index contributed by atoms with van der Waals surface area (Å²) >= 11 is 0. The van der Waals surface area contributed by atoms with Crippen LogP contribution in [0.3, 0.4) is 0 Å². The summed E-state index contributed by atoms with van der Waals surface area (Å²) in [5.41, 5.74) is 12.1. The van der Waals surface area contributed by atoms with Crippen molar-refractivity contribution in [1.82, 2.24) is 0 Å². The highest BCUT2D eigenvalue weighted by Gasteiger charge is 2.17. The second kappa shape index (κ2) is 13.7. The Balaban J connectivity index is 1.13. The average molecular weight is 603 g/mol. The van der Waals surface area contributed by atoms with E-state index in [-0.39, 0.29) is 11.8 Å². The van der Waals surface area contributed by atoms with Crippen LogP contribution in [0.2, 0.25) is 0 Å². The summed E-state index contributed by atoms with van der Waals surface area (Å²) in [7, 11) is 0. The molecule has 0 saturated carbocycles. The van der Waals surface area contributed by atoms with Gasteiger partial charge in [-0.1, -0.05) is 135 Å². The predicted octanol–water partition coefficient (Wildman–Crippen LogP) is 11.5. The van der Waals surface area contributed by atoms with Crippen LogP contribution in [-0.4, -0.2) is 6.16 Å². The molecule has 6 aromatic carbocycles. The number of ether oxygens (including phenoxy) is 2. The lowest BCUT2D eigenvalue weighted by molar-refractivity contribution is 0.152. The first kappa shape index (κ1) is 30.6. The van der Waals surface area contributed by atoms with Gasteiger partial charge in [0.15, 0.2) is 0 Å². The van der Waals surface area contributed by atoms with E-state index in [1.807, 2.05) is 24.3 Å². The molecular formula is C43H38O3. The summed E-state index contributed by atoms with van der Waals surface area (Å²) in [6.07, 6.45) is -0.775. The molecule has 0 N–H and O–H groups in total. The Bertz CT molecular complexity index is 1810. The second-order valence-electron chi connectivity index (χ2n) is 11.8. The van der Waals surface area contributed by atoms with E-state index >= 15 is 0 Å². The highest BCUT2D eigenvalue weighted by atomic mass is 16.7. The van der Waals surface area contributed by atoms with Crippen molar-refractivity contribution in [2.24, 2.45) is 0 Å². The minimum Gasteiger partial charge on any atom is -0.395 e. The number of benzene rings is 6. The molecule has 0 aliphatic heterocycles. The molecule has 3 nitrogen and oxygen atoms in total. The second-order valence-corrected chi connectivity index (χ2v) is 11.8. The fraction of sp³-hybridized carbons (Fsp3) is 0.140. The fourth-order valence-electron chi connectivity index (χ4n) is 6.37. The van der Waals surface area contributed by atoms with Crippen LogP contribution in [-0.2, 0) is 0 Å². The van der Waals surface area contributed by atoms with Gasteiger partial charge in [-0.3, -0.25) is 0 Å². The van der Waals surface area contributed by atoms with Crippen LogP contribution in [0.25, 0.3) is 22.3 Å². The van der Waals surface area contributed by atoms with Gasteiger partial charge in [-0.15, -0.1) is 0 Å². The predicted molar refractivity (Wildman–Crippen MR) is 188 cm³/mol. The van der Waals surface area contributed by atoms with E-state index in [2.05, 4.69) is 125 Å². The summed E-state index contributed by atoms with van der Waals surface area (Å²) in [4.78, 5) is 12.7. The molecule has 3 heteroatoms. The third-order valence-electron chi connectivity index (χ3n) is 8.90. The van der Waals surface area contributed by atoms with E-state index in [0.29, 0.717) is 11.5 Å². The van der Waals surface area contributed by atoms with E-state index < -0.39 is 6.16 Å². The van der Waals surface area contributed by atoms with Crippen LogP contribution in [0.5, 0.6) is 11.5 Å². The normalized spacial score (nSPS) is 12.3. The lowest BCUT2D eigenvalue weighted by atomic mass is 9.85. The minimum atomic E-state index is -0.775. The topological polar surface area (TPSA) is 35.5 Å². The molecule has 2 unspecified atom stereocenters. The first-order valence-electron chi connectivity index (χ1n) is 15.8. The van der Waals surface area contributed by atoms with Crippen LogP contribution < -0.4 is 9.47 Å². The summed E-state index contributed by atoms with van der Waals surface area (Å²) in [5.74, 6) is 1.32. The van der Waals surface area contributed by atoms with Crippen LogP contribution in [0, 0.1) is 13.8 Å². The monoisotopic (exact) mass is 602 g/mol. The zero-order valence-corrected chi connectivity index (χ0v) is 26.7. The summed E-state index contributed by atoms with van der Waals surface area (Å²) in [5, 5.41) is 0. The van der Waals surface area contributed by atoms with Crippen molar-refractivity contribution >= 4 is 6.16 Å². The molecule has 0 saturated heterocycles. The van der Waals surface area contributed by atoms with E-state index in [1.165, 1.54) is 33.4 Å². The van der Waals surface area contributed by atoms with Gasteiger partial charge < -0.3 is 9.47 Å². The van der Waals surface area contributed by atoms with Crippen molar-refractivity contribution in [2.45, 2.75) is 39.5 Å². The molecule has 0 heterocycles. The first-order chi connectivity index (χ1) is 22.4. The Labute approximate surface area is 272 Å². The zero-order valence-electron chi connectivity index (χ0n) is 26.7. The number of hydrogen-bond donors (Lipinski definition) is 0. The summed E-state index contributed by atoms with van der Waals surface area (Å²) in [6.45, 7) is 8.79. The third kappa shape index (κ3) is 6.64. The highest BCUT2D eigenvalue weighted by Crippen LogP contribution is 2.36. The van der Waals surface area contributed by atoms with Crippen molar-refractivity contribution in [3.63, 3.8) is 0 Å². The summed E-state index contributed by atoms with van der Waals surface area (Å²) < 4.78 is 11.1. The largest absolute Gasteiger partial charge is 0.519 e. The van der Waals surface area contributed by atoms with Crippen molar-refractivity contribution in [1.29, 1.82) is 0 Å². The maximum absolute atomic E-state index is 12.7. The molecule has 0 amide bonds. The average Bonchev–Trinajstić information content (AvgIpc) is 3.09. The number of carbonyl (C=O) groups excluding carboxylic acids is 1. The fourth-order valence-corrected chi connectivity index (χ4v) is 6.37. The lowest BCUT2D eigenvalue weighted by Crippen LogP contribution is -2.13. The molecule has 0 bridgehead atoms. The Morgan fingerprint density at radius 1 is 0.435 bits per heavy atom. The Kier molecular flexibility index (Phi) is 9.12. The maximum atomic E-state index is 12.7. The molecule has 6 aromatic rings. The van der Waals surface area contributed by atoms with Crippen LogP contribution >= 0.6 is 0 Å². The van der Waals surface area contributed by atoms with Crippen molar-refractivity contribution in [3.8, 4) is 33.8 Å². The van der Waals surface area contributed by atoms with Gasteiger partial charge in [0.1, 0.15) is 11.5 Å². The Morgan fingerprint density at radius 3 is 1.13 bits per heavy atom. The highest BCUT2D eigenvalue weighted by molar-refractivity contribution is 5.73. The number of aryl methyl sites for hydroxylation is 2. The molecular weight excluding hydrogens is 564 g/mol. The molecule has 0 fully saturated rings. The van der Waals surface area contributed by atoms with E-state index in [4.69, 9.17) is 9.47 Å². The number of carbonyl (C=O) groups is 1. The van der Waals surface area contributed by atoms with Gasteiger partial charge >= 0.3 is 6.16 Å². The molecule has 2 atom stereocenters. The lowest BCUT2D eigenvalue weighted by Gasteiger charge is -2.19. The van der Waals surface area contributed by atoms with Gasteiger partial charge in [0.05, 0.1) is 0 Å². The van der Waals surface area contributed by atoms with Gasteiger partial charge in [-0.25, -0.2) is 4.79 Å². The maximum Gasteiger partial charge on any atom is 0.519 e. The van der Waals surface area contributed by atoms with Gasteiger partial charge in [0.2, 0.25) is 0 Å². The zero-order chi connectivity index (χ0) is 32.0. The summed E-state index contributed by atoms with van der Waals surface area (Å²) in [6, 6.07) is 49.1. The smallest absolute Gasteiger partial charge is 0.395 e. The molecule has 228 valence electrons. The third-order valence-corrected chi connectivity index (χ3v) is 8.90.